The number of para-hydroxylation sites is 1. The first kappa shape index (κ1) is 16.9. The predicted molar refractivity (Wildman–Crippen MR) is 92.8 cm³/mol. The molecule has 0 atom stereocenters. The number of rotatable bonds is 3. The van der Waals surface area contributed by atoms with Crippen LogP contribution in [0.5, 0.6) is 0 Å². The van der Waals surface area contributed by atoms with E-state index < -0.39 is 5.97 Å². The molecule has 3 rings (SSSR count). The van der Waals surface area contributed by atoms with Gasteiger partial charge in [0, 0.05) is 44.1 Å². The molecule has 130 valence electrons. The van der Waals surface area contributed by atoms with Crippen LogP contribution < -0.4 is 4.90 Å². The van der Waals surface area contributed by atoms with Crippen LogP contribution in [0.1, 0.15) is 34.9 Å². The molecule has 7 heteroatoms. The molecule has 1 aliphatic rings. The van der Waals surface area contributed by atoms with Gasteiger partial charge in [-0.1, -0.05) is 18.2 Å². The third-order valence-electron chi connectivity index (χ3n) is 4.48. The maximum absolute atomic E-state index is 12.6. The Balaban J connectivity index is 1.59. The summed E-state index contributed by atoms with van der Waals surface area (Å²) in [4.78, 5) is 35.3. The second-order valence-electron chi connectivity index (χ2n) is 6.07. The highest BCUT2D eigenvalue weighted by Gasteiger charge is 2.27. The van der Waals surface area contributed by atoms with Gasteiger partial charge in [-0.25, -0.2) is 19.6 Å². The summed E-state index contributed by atoms with van der Waals surface area (Å²) in [5.41, 5.74) is 0.947. The minimum Gasteiger partial charge on any atom is -0.478 e. The van der Waals surface area contributed by atoms with Crippen LogP contribution in [0.3, 0.4) is 0 Å². The largest absolute Gasteiger partial charge is 0.478 e. The van der Waals surface area contributed by atoms with Gasteiger partial charge >= 0.3 is 12.0 Å². The summed E-state index contributed by atoms with van der Waals surface area (Å²) >= 11 is 0. The van der Waals surface area contributed by atoms with Gasteiger partial charge in [0.2, 0.25) is 0 Å². The first-order chi connectivity index (χ1) is 12.1. The zero-order valence-electron chi connectivity index (χ0n) is 14.0. The summed E-state index contributed by atoms with van der Waals surface area (Å²) < 4.78 is 0. The summed E-state index contributed by atoms with van der Waals surface area (Å²) in [5, 5.41) is 8.90. The number of amides is 2. The standard InChI is InChI=1S/C18H20N4O3/c1-21(15-5-3-2-4-6-15)18(25)22-9-7-13(8-10-22)16-19-11-14(12-20-16)17(23)24/h2-6,11-13H,7-10H2,1H3,(H,23,24). The van der Waals surface area contributed by atoms with Crippen molar-refractivity contribution < 1.29 is 14.7 Å². The maximum atomic E-state index is 12.6. The zero-order chi connectivity index (χ0) is 17.8. The lowest BCUT2D eigenvalue weighted by atomic mass is 9.96. The van der Waals surface area contributed by atoms with Crippen LogP contribution in [-0.4, -0.2) is 52.1 Å². The quantitative estimate of drug-likeness (QED) is 0.928. The second-order valence-corrected chi connectivity index (χ2v) is 6.07. The molecule has 1 aromatic heterocycles. The number of urea groups is 1. The number of carbonyl (C=O) groups is 2. The van der Waals surface area contributed by atoms with Crippen molar-refractivity contribution in [2.45, 2.75) is 18.8 Å². The third kappa shape index (κ3) is 3.76. The summed E-state index contributed by atoms with van der Waals surface area (Å²) in [6.07, 6.45) is 4.21. The van der Waals surface area contributed by atoms with Gasteiger partial charge in [-0.3, -0.25) is 4.90 Å². The van der Waals surface area contributed by atoms with Crippen LogP contribution in [0.4, 0.5) is 10.5 Å². The fraction of sp³-hybridized carbons (Fsp3) is 0.333. The fourth-order valence-corrected chi connectivity index (χ4v) is 2.96. The van der Waals surface area contributed by atoms with E-state index in [9.17, 15) is 9.59 Å². The van der Waals surface area contributed by atoms with Crippen molar-refractivity contribution in [3.63, 3.8) is 0 Å². The van der Waals surface area contributed by atoms with E-state index in [1.165, 1.54) is 12.4 Å². The molecule has 0 saturated carbocycles. The first-order valence-electron chi connectivity index (χ1n) is 8.19. The summed E-state index contributed by atoms with van der Waals surface area (Å²) in [5.74, 6) is -0.238. The van der Waals surface area contributed by atoms with Crippen molar-refractivity contribution in [3.8, 4) is 0 Å². The van der Waals surface area contributed by atoms with Crippen molar-refractivity contribution in [1.82, 2.24) is 14.9 Å². The average molecular weight is 340 g/mol. The number of piperidine rings is 1. The zero-order valence-corrected chi connectivity index (χ0v) is 14.0. The molecule has 7 nitrogen and oxygen atoms in total. The Bertz CT molecular complexity index is 741. The Morgan fingerprint density at radius 3 is 2.28 bits per heavy atom. The number of aromatic nitrogens is 2. The molecule has 1 fully saturated rings. The Morgan fingerprint density at radius 2 is 1.72 bits per heavy atom. The Labute approximate surface area is 145 Å². The number of aromatic carboxylic acids is 1. The van der Waals surface area contributed by atoms with Crippen LogP contribution >= 0.6 is 0 Å². The molecular weight excluding hydrogens is 320 g/mol. The van der Waals surface area contributed by atoms with E-state index in [-0.39, 0.29) is 17.5 Å². The molecule has 25 heavy (non-hydrogen) atoms. The van der Waals surface area contributed by atoms with Gasteiger partial charge in [-0.05, 0) is 25.0 Å². The third-order valence-corrected chi connectivity index (χ3v) is 4.48. The topological polar surface area (TPSA) is 86.6 Å². The minimum atomic E-state index is -1.03. The van der Waals surface area contributed by atoms with Crippen LogP contribution in [0, 0.1) is 0 Å². The molecule has 0 bridgehead atoms. The van der Waals surface area contributed by atoms with Crippen LogP contribution in [0.2, 0.25) is 0 Å². The minimum absolute atomic E-state index is 0.0215. The van der Waals surface area contributed by atoms with E-state index in [1.54, 1.807) is 11.9 Å². The lowest BCUT2D eigenvalue weighted by molar-refractivity contribution is 0.0695. The van der Waals surface area contributed by atoms with Crippen LogP contribution in [0.25, 0.3) is 0 Å². The van der Waals surface area contributed by atoms with Crippen LogP contribution in [-0.2, 0) is 0 Å². The van der Waals surface area contributed by atoms with E-state index >= 15 is 0 Å². The smallest absolute Gasteiger partial charge is 0.338 e. The molecule has 2 heterocycles. The molecule has 0 unspecified atom stereocenters. The van der Waals surface area contributed by atoms with Crippen LogP contribution in [0.15, 0.2) is 42.7 Å². The molecule has 1 aromatic carbocycles. The van der Waals surface area contributed by atoms with Crippen molar-refractivity contribution in [3.05, 3.63) is 54.1 Å². The van der Waals surface area contributed by atoms with E-state index in [0.717, 1.165) is 18.5 Å². The fourth-order valence-electron chi connectivity index (χ4n) is 2.96. The molecular formula is C18H20N4O3. The van der Waals surface area contributed by atoms with E-state index in [1.807, 2.05) is 35.2 Å². The molecule has 0 spiro atoms. The SMILES string of the molecule is CN(C(=O)N1CCC(c2ncc(C(=O)O)cn2)CC1)c1ccccc1. The van der Waals surface area contributed by atoms with E-state index in [0.29, 0.717) is 18.9 Å². The van der Waals surface area contributed by atoms with E-state index in [4.69, 9.17) is 5.11 Å². The van der Waals surface area contributed by atoms with E-state index in [2.05, 4.69) is 9.97 Å². The monoisotopic (exact) mass is 340 g/mol. The van der Waals surface area contributed by atoms with Gasteiger partial charge in [0.1, 0.15) is 5.82 Å². The molecule has 0 aliphatic carbocycles. The highest BCUT2D eigenvalue weighted by Crippen LogP contribution is 2.26. The number of carboxylic acid groups (broad SMARTS) is 1. The number of nitrogens with zero attached hydrogens (tertiary/aromatic N) is 4. The van der Waals surface area contributed by atoms with Gasteiger partial charge < -0.3 is 10.0 Å². The Hall–Kier alpha value is -2.96. The number of anilines is 1. The van der Waals surface area contributed by atoms with Crippen molar-refractivity contribution in [1.29, 1.82) is 0 Å². The Morgan fingerprint density at radius 1 is 1.12 bits per heavy atom. The summed E-state index contributed by atoms with van der Waals surface area (Å²) in [7, 11) is 1.78. The van der Waals surface area contributed by atoms with Crippen molar-refractivity contribution in [2.75, 3.05) is 25.0 Å². The molecule has 0 radical (unpaired) electrons. The number of hydrogen-bond acceptors (Lipinski definition) is 4. The summed E-state index contributed by atoms with van der Waals surface area (Å²) in [6.45, 7) is 1.26. The number of carbonyl (C=O) groups excluding carboxylic acids is 1. The second kappa shape index (κ2) is 7.29. The van der Waals surface area contributed by atoms with Crippen molar-refractivity contribution >= 4 is 17.7 Å². The van der Waals surface area contributed by atoms with Gasteiger partial charge in [0.25, 0.3) is 0 Å². The Kier molecular flexibility index (Phi) is 4.92. The highest BCUT2D eigenvalue weighted by molar-refractivity contribution is 5.91. The number of carboxylic acids is 1. The number of likely N-dealkylation sites (tertiary alicyclic amines) is 1. The van der Waals surface area contributed by atoms with Gasteiger partial charge in [-0.15, -0.1) is 0 Å². The van der Waals surface area contributed by atoms with Gasteiger partial charge in [0.05, 0.1) is 5.56 Å². The lowest BCUT2D eigenvalue weighted by Crippen LogP contribution is -2.45. The molecule has 1 aliphatic heterocycles. The molecule has 2 amide bonds. The maximum Gasteiger partial charge on any atom is 0.338 e. The molecule has 2 aromatic rings. The summed E-state index contributed by atoms with van der Waals surface area (Å²) in [6, 6.07) is 9.52. The van der Waals surface area contributed by atoms with Gasteiger partial charge in [0.15, 0.2) is 0 Å². The average Bonchev–Trinajstić information content (AvgIpc) is 2.67. The number of hydrogen-bond donors (Lipinski definition) is 1. The number of benzene rings is 1. The molecule has 1 N–H and O–H groups in total. The van der Waals surface area contributed by atoms with Crippen molar-refractivity contribution in [2.24, 2.45) is 0 Å². The first-order valence-corrected chi connectivity index (χ1v) is 8.19. The highest BCUT2D eigenvalue weighted by atomic mass is 16.4. The normalized spacial score (nSPS) is 15.0. The molecule has 1 saturated heterocycles. The lowest BCUT2D eigenvalue weighted by Gasteiger charge is -2.34. The predicted octanol–water partition coefficient (Wildman–Crippen LogP) is 2.61. The van der Waals surface area contributed by atoms with Gasteiger partial charge in [-0.2, -0.15) is 0 Å².